The minimum Gasteiger partial charge on any atom is -0.390 e. The molecule has 148 valence electrons. The van der Waals surface area contributed by atoms with Gasteiger partial charge in [0.05, 0.1) is 5.60 Å². The Hall–Kier alpha value is -0.630. The number of aliphatic hydroxyl groups is 1. The molecule has 1 N–H and O–H groups in total. The Labute approximate surface area is 160 Å². The Kier molecular flexibility index (Phi) is 5.47. The zero-order valence-corrected chi connectivity index (χ0v) is 17.7. The van der Waals surface area contributed by atoms with Crippen molar-refractivity contribution in [1.82, 2.24) is 0 Å². The Balaban J connectivity index is 0.000000613. The van der Waals surface area contributed by atoms with Gasteiger partial charge in [-0.15, -0.1) is 0 Å². The number of allylic oxidation sites excluding steroid dienone is 1. The van der Waals surface area contributed by atoms with Gasteiger partial charge in [0.15, 0.2) is 0 Å². The molecule has 0 aromatic heterocycles. The maximum absolute atomic E-state index is 11.6. The molecule has 0 amide bonds. The number of carbonyl (C=O) groups is 1. The molecule has 0 aromatic rings. The van der Waals surface area contributed by atoms with Crippen molar-refractivity contribution in [2.24, 2.45) is 34.5 Å². The lowest BCUT2D eigenvalue weighted by atomic mass is 9.47. The highest BCUT2D eigenvalue weighted by molar-refractivity contribution is 5.56. The van der Waals surface area contributed by atoms with Gasteiger partial charge in [-0.2, -0.15) is 0 Å². The topological polar surface area (TPSA) is 37.3 Å². The van der Waals surface area contributed by atoms with E-state index in [1.165, 1.54) is 44.0 Å². The average Bonchev–Trinajstić information content (AvgIpc) is 2.92. The van der Waals surface area contributed by atoms with Gasteiger partial charge in [-0.25, -0.2) is 0 Å². The van der Waals surface area contributed by atoms with E-state index in [1.807, 2.05) is 6.92 Å². The second-order valence-corrected chi connectivity index (χ2v) is 10.5. The van der Waals surface area contributed by atoms with Crippen LogP contribution in [0.2, 0.25) is 0 Å². The van der Waals surface area contributed by atoms with E-state index >= 15 is 0 Å². The molecule has 4 aliphatic rings. The molecule has 0 heterocycles. The molecule has 26 heavy (non-hydrogen) atoms. The number of carbonyl (C=O) groups excluding carboxylic acids is 1. The van der Waals surface area contributed by atoms with E-state index in [1.54, 1.807) is 0 Å². The van der Waals surface area contributed by atoms with Crippen molar-refractivity contribution in [1.29, 1.82) is 0 Å². The van der Waals surface area contributed by atoms with Crippen molar-refractivity contribution in [3.8, 4) is 0 Å². The van der Waals surface area contributed by atoms with Crippen LogP contribution < -0.4 is 0 Å². The van der Waals surface area contributed by atoms with Crippen LogP contribution in [0.25, 0.3) is 0 Å². The first-order valence-corrected chi connectivity index (χ1v) is 11.1. The number of aldehydes is 1. The van der Waals surface area contributed by atoms with Gasteiger partial charge in [0.1, 0.15) is 6.29 Å². The molecule has 4 rings (SSSR count). The molecule has 4 aliphatic carbocycles. The van der Waals surface area contributed by atoms with Gasteiger partial charge in [-0.05, 0) is 86.9 Å². The first-order valence-electron chi connectivity index (χ1n) is 11.1. The molecule has 3 fully saturated rings. The van der Waals surface area contributed by atoms with Crippen LogP contribution in [-0.4, -0.2) is 17.0 Å². The lowest BCUT2D eigenvalue weighted by Crippen LogP contribution is -2.51. The lowest BCUT2D eigenvalue weighted by molar-refractivity contribution is -0.118. The molecule has 0 aromatic carbocycles. The van der Waals surface area contributed by atoms with Crippen molar-refractivity contribution in [3.63, 3.8) is 0 Å². The third-order valence-corrected chi connectivity index (χ3v) is 8.62. The van der Waals surface area contributed by atoms with Crippen LogP contribution in [0.5, 0.6) is 0 Å². The smallest absolute Gasteiger partial charge is 0.123 e. The fourth-order valence-electron chi connectivity index (χ4n) is 7.07. The molecule has 2 heteroatoms. The van der Waals surface area contributed by atoms with Gasteiger partial charge in [0, 0.05) is 5.92 Å². The first kappa shape index (κ1) is 20.1. The number of hydrogen-bond acceptors (Lipinski definition) is 2. The van der Waals surface area contributed by atoms with Crippen LogP contribution in [0.3, 0.4) is 0 Å². The summed E-state index contributed by atoms with van der Waals surface area (Å²) in [6, 6.07) is 0. The van der Waals surface area contributed by atoms with Crippen molar-refractivity contribution in [2.75, 3.05) is 0 Å². The predicted molar refractivity (Wildman–Crippen MR) is 108 cm³/mol. The second kappa shape index (κ2) is 7.08. The maximum Gasteiger partial charge on any atom is 0.123 e. The summed E-state index contributed by atoms with van der Waals surface area (Å²) in [7, 11) is 0. The van der Waals surface area contributed by atoms with Gasteiger partial charge < -0.3 is 9.90 Å². The SMILES string of the molecule is CC12CC[C@](C)(O)CC1=CCC1C2CCC2(C)C(C=O)CCC12.CCC. The zero-order chi connectivity index (χ0) is 19.2. The molecule has 6 unspecified atom stereocenters. The predicted octanol–water partition coefficient (Wildman–Crippen LogP) is 5.93. The third-order valence-electron chi connectivity index (χ3n) is 8.62. The van der Waals surface area contributed by atoms with Crippen LogP contribution in [-0.2, 0) is 4.79 Å². The van der Waals surface area contributed by atoms with E-state index in [2.05, 4.69) is 33.8 Å². The van der Waals surface area contributed by atoms with E-state index in [-0.39, 0.29) is 5.41 Å². The Morgan fingerprint density at radius 2 is 1.77 bits per heavy atom. The van der Waals surface area contributed by atoms with Gasteiger partial charge in [0.25, 0.3) is 0 Å². The fraction of sp³-hybridized carbons (Fsp3) is 0.875. The molecule has 3 saturated carbocycles. The molecular formula is C24H40O2. The molecule has 0 spiro atoms. The van der Waals surface area contributed by atoms with Crippen molar-refractivity contribution in [2.45, 2.75) is 98.0 Å². The van der Waals surface area contributed by atoms with Crippen LogP contribution in [0.4, 0.5) is 0 Å². The van der Waals surface area contributed by atoms with Gasteiger partial charge in [-0.1, -0.05) is 45.8 Å². The summed E-state index contributed by atoms with van der Waals surface area (Å²) in [4.78, 5) is 11.6. The van der Waals surface area contributed by atoms with Crippen molar-refractivity contribution < 1.29 is 9.90 Å². The van der Waals surface area contributed by atoms with E-state index in [0.29, 0.717) is 11.3 Å². The van der Waals surface area contributed by atoms with Gasteiger partial charge >= 0.3 is 0 Å². The third kappa shape index (κ3) is 3.11. The van der Waals surface area contributed by atoms with E-state index in [0.717, 1.165) is 43.4 Å². The quantitative estimate of drug-likeness (QED) is 0.465. The normalized spacial score (nSPS) is 49.7. The van der Waals surface area contributed by atoms with Gasteiger partial charge in [-0.3, -0.25) is 0 Å². The summed E-state index contributed by atoms with van der Waals surface area (Å²) in [6.07, 6.45) is 14.0. The summed E-state index contributed by atoms with van der Waals surface area (Å²) >= 11 is 0. The Bertz CT molecular complexity index is 563. The molecule has 0 bridgehead atoms. The standard InChI is InChI=1S/C21H32O2.C3H8/c1-19(23)10-11-21(3)14(12-19)4-6-16-17-7-5-15(13-22)20(17,2)9-8-18(16)21;1-3-2/h4,13,15-18,23H,5-12H2,1-3H3;3H2,1-2H3/t15?,16?,17?,18?,19-,20?,21?;/m0./s1. The van der Waals surface area contributed by atoms with E-state index in [4.69, 9.17) is 0 Å². The second-order valence-electron chi connectivity index (χ2n) is 10.5. The lowest BCUT2D eigenvalue weighted by Gasteiger charge is -2.58. The summed E-state index contributed by atoms with van der Waals surface area (Å²) in [5.74, 6) is 2.55. The largest absolute Gasteiger partial charge is 0.390 e. The Morgan fingerprint density at radius 3 is 2.42 bits per heavy atom. The van der Waals surface area contributed by atoms with Crippen LogP contribution in [0, 0.1) is 34.5 Å². The molecule has 0 saturated heterocycles. The Morgan fingerprint density at radius 1 is 1.08 bits per heavy atom. The average molecular weight is 361 g/mol. The van der Waals surface area contributed by atoms with Crippen LogP contribution >= 0.6 is 0 Å². The highest BCUT2D eigenvalue weighted by atomic mass is 16.3. The van der Waals surface area contributed by atoms with Gasteiger partial charge in [0.2, 0.25) is 0 Å². The highest BCUT2D eigenvalue weighted by Gasteiger charge is 2.59. The fourth-order valence-corrected chi connectivity index (χ4v) is 7.07. The highest BCUT2D eigenvalue weighted by Crippen LogP contribution is 2.66. The minimum atomic E-state index is -0.503. The number of fused-ring (bicyclic) bond motifs is 5. The number of hydrogen-bond donors (Lipinski definition) is 1. The van der Waals surface area contributed by atoms with Crippen LogP contribution in [0.15, 0.2) is 11.6 Å². The van der Waals surface area contributed by atoms with Crippen LogP contribution in [0.1, 0.15) is 92.4 Å². The van der Waals surface area contributed by atoms with E-state index in [9.17, 15) is 9.90 Å². The minimum absolute atomic E-state index is 0.255. The molecule has 7 atom stereocenters. The maximum atomic E-state index is 11.6. The van der Waals surface area contributed by atoms with Crippen molar-refractivity contribution >= 4 is 6.29 Å². The summed E-state index contributed by atoms with van der Waals surface area (Å²) in [5.41, 5.74) is 1.58. The molecule has 0 aliphatic heterocycles. The first-order chi connectivity index (χ1) is 12.2. The molecule has 2 nitrogen and oxygen atoms in total. The summed E-state index contributed by atoms with van der Waals surface area (Å²) in [5, 5.41) is 10.5. The summed E-state index contributed by atoms with van der Waals surface area (Å²) < 4.78 is 0. The monoisotopic (exact) mass is 360 g/mol. The summed E-state index contributed by atoms with van der Waals surface area (Å²) in [6.45, 7) is 11.1. The van der Waals surface area contributed by atoms with Crippen molar-refractivity contribution in [3.05, 3.63) is 11.6 Å². The zero-order valence-electron chi connectivity index (χ0n) is 17.7. The number of rotatable bonds is 1. The molecular weight excluding hydrogens is 320 g/mol. The molecule has 0 radical (unpaired) electrons. The van der Waals surface area contributed by atoms with E-state index < -0.39 is 5.60 Å².